The molecule has 7 nitrogen and oxygen atoms in total. The molecule has 3 heterocycles. The van der Waals surface area contributed by atoms with E-state index < -0.39 is 0 Å². The molecule has 2 N–H and O–H groups in total. The third-order valence-electron chi connectivity index (χ3n) is 6.06. The second kappa shape index (κ2) is 8.11. The highest BCUT2D eigenvalue weighted by Gasteiger charge is 2.22. The van der Waals surface area contributed by atoms with E-state index in [9.17, 15) is 9.50 Å². The Morgan fingerprint density at radius 3 is 2.55 bits per heavy atom. The number of aliphatic imine (C=N–C) groups is 1. The van der Waals surface area contributed by atoms with Crippen LogP contribution in [0.3, 0.4) is 0 Å². The first-order valence-corrected chi connectivity index (χ1v) is 10.6. The van der Waals surface area contributed by atoms with Gasteiger partial charge in [0, 0.05) is 36.8 Å². The molecule has 1 saturated carbocycles. The standard InChI is InChI=1S/C23H25FN6O/c1-29-13-17(11-27-29)15-2-7-22(24)21(8-15)23-25-9-16(10-26-23)18-12-28-30(14-18)19-3-5-20(31)6-4-19/h2,7-9,11-14,19-20,31H,3-6,10H2,1H3,(H,25,26). The summed E-state index contributed by atoms with van der Waals surface area (Å²) in [7, 11) is 1.85. The minimum Gasteiger partial charge on any atom is -0.393 e. The quantitative estimate of drug-likeness (QED) is 0.679. The zero-order valence-electron chi connectivity index (χ0n) is 17.4. The summed E-state index contributed by atoms with van der Waals surface area (Å²) in [5, 5.41) is 21.6. The molecule has 0 unspecified atom stereocenters. The maximum Gasteiger partial charge on any atom is 0.135 e. The van der Waals surface area contributed by atoms with Crippen LogP contribution in [0.25, 0.3) is 16.7 Å². The molecule has 0 radical (unpaired) electrons. The van der Waals surface area contributed by atoms with Gasteiger partial charge in [0.25, 0.3) is 0 Å². The monoisotopic (exact) mass is 420 g/mol. The highest BCUT2D eigenvalue weighted by Crippen LogP contribution is 2.29. The Hall–Kier alpha value is -3.26. The van der Waals surface area contributed by atoms with Crippen molar-refractivity contribution < 1.29 is 9.50 Å². The number of hydrogen-bond donors (Lipinski definition) is 2. The van der Waals surface area contributed by atoms with E-state index in [0.717, 1.165) is 47.9 Å². The largest absolute Gasteiger partial charge is 0.393 e. The molecule has 2 aromatic heterocycles. The maximum atomic E-state index is 14.5. The van der Waals surface area contributed by atoms with Crippen LogP contribution in [0, 0.1) is 5.82 Å². The molecular formula is C23H25FN6O. The summed E-state index contributed by atoms with van der Waals surface area (Å²) in [6.45, 7) is 0.452. The zero-order valence-corrected chi connectivity index (χ0v) is 17.4. The van der Waals surface area contributed by atoms with Crippen LogP contribution in [0.2, 0.25) is 0 Å². The van der Waals surface area contributed by atoms with Gasteiger partial charge in [-0.25, -0.2) is 4.39 Å². The molecule has 0 saturated heterocycles. The maximum absolute atomic E-state index is 14.5. The molecule has 0 bridgehead atoms. The van der Waals surface area contributed by atoms with Crippen LogP contribution in [0.15, 0.2) is 54.2 Å². The number of benzene rings is 1. The number of aryl methyl sites for hydroxylation is 1. The molecule has 3 aromatic rings. The smallest absolute Gasteiger partial charge is 0.135 e. The van der Waals surface area contributed by atoms with Crippen molar-refractivity contribution in [2.75, 3.05) is 6.54 Å². The number of nitrogens with zero attached hydrogens (tertiary/aromatic N) is 5. The predicted octanol–water partition coefficient (Wildman–Crippen LogP) is 3.29. The van der Waals surface area contributed by atoms with E-state index in [4.69, 9.17) is 0 Å². The Bertz CT molecular complexity index is 1150. The van der Waals surface area contributed by atoms with Crippen molar-refractivity contribution in [1.82, 2.24) is 24.9 Å². The average molecular weight is 420 g/mol. The van der Waals surface area contributed by atoms with Crippen molar-refractivity contribution in [3.63, 3.8) is 0 Å². The summed E-state index contributed by atoms with van der Waals surface area (Å²) in [6.07, 6.45) is 12.8. The Balaban J connectivity index is 1.31. The van der Waals surface area contributed by atoms with Crippen LogP contribution in [0.5, 0.6) is 0 Å². The van der Waals surface area contributed by atoms with Crippen LogP contribution in [-0.2, 0) is 7.05 Å². The Morgan fingerprint density at radius 1 is 1.03 bits per heavy atom. The van der Waals surface area contributed by atoms with Gasteiger partial charge >= 0.3 is 0 Å². The molecule has 0 amide bonds. The number of rotatable bonds is 4. The number of nitrogens with one attached hydrogen (secondary N) is 1. The number of aliphatic hydroxyl groups is 1. The number of halogens is 1. The molecular weight excluding hydrogens is 395 g/mol. The summed E-state index contributed by atoms with van der Waals surface area (Å²) in [5.41, 5.74) is 4.27. The van der Waals surface area contributed by atoms with Gasteiger partial charge in [-0.15, -0.1) is 0 Å². The van der Waals surface area contributed by atoms with Crippen LogP contribution >= 0.6 is 0 Å². The first-order valence-electron chi connectivity index (χ1n) is 10.6. The van der Waals surface area contributed by atoms with E-state index in [2.05, 4.69) is 20.5 Å². The minimum atomic E-state index is -0.317. The number of aliphatic hydroxyl groups excluding tert-OH is 1. The fourth-order valence-corrected chi connectivity index (χ4v) is 4.23. The highest BCUT2D eigenvalue weighted by molar-refractivity contribution is 6.02. The fourth-order valence-electron chi connectivity index (χ4n) is 4.23. The lowest BCUT2D eigenvalue weighted by Gasteiger charge is -2.25. The zero-order chi connectivity index (χ0) is 21.4. The Labute approximate surface area is 179 Å². The van der Waals surface area contributed by atoms with Crippen molar-refractivity contribution in [2.24, 2.45) is 12.0 Å². The van der Waals surface area contributed by atoms with Crippen molar-refractivity contribution in [1.29, 1.82) is 0 Å². The lowest BCUT2D eigenvalue weighted by molar-refractivity contribution is 0.108. The topological polar surface area (TPSA) is 80.3 Å². The van der Waals surface area contributed by atoms with E-state index in [0.29, 0.717) is 24.0 Å². The lowest BCUT2D eigenvalue weighted by atomic mass is 9.93. The molecule has 2 aliphatic rings. The van der Waals surface area contributed by atoms with E-state index in [1.807, 2.05) is 36.5 Å². The molecule has 31 heavy (non-hydrogen) atoms. The third kappa shape index (κ3) is 4.03. The molecule has 5 rings (SSSR count). The van der Waals surface area contributed by atoms with Crippen molar-refractivity contribution in [3.05, 3.63) is 66.1 Å². The summed E-state index contributed by atoms with van der Waals surface area (Å²) in [6, 6.07) is 5.34. The second-order valence-electron chi connectivity index (χ2n) is 8.25. The molecule has 1 aliphatic heterocycles. The van der Waals surface area contributed by atoms with Crippen molar-refractivity contribution in [2.45, 2.75) is 37.8 Å². The van der Waals surface area contributed by atoms with Crippen molar-refractivity contribution >= 4 is 11.4 Å². The molecule has 8 heteroatoms. The SMILES string of the molecule is Cn1cc(-c2ccc(F)c(C3=NCC(c4cnn(C5CCC(O)CC5)c4)=CN3)c2)cn1. The normalized spacial score (nSPS) is 21.4. The Kier molecular flexibility index (Phi) is 5.15. The number of amidine groups is 1. The average Bonchev–Trinajstić information content (AvgIpc) is 3.44. The minimum absolute atomic E-state index is 0.179. The van der Waals surface area contributed by atoms with Crippen LogP contribution in [0.4, 0.5) is 4.39 Å². The van der Waals surface area contributed by atoms with Gasteiger partial charge in [-0.2, -0.15) is 10.2 Å². The third-order valence-corrected chi connectivity index (χ3v) is 6.06. The van der Waals surface area contributed by atoms with E-state index in [-0.39, 0.29) is 11.9 Å². The van der Waals surface area contributed by atoms with Gasteiger partial charge in [-0.3, -0.25) is 14.4 Å². The summed E-state index contributed by atoms with van der Waals surface area (Å²) in [5.74, 6) is 0.198. The van der Waals surface area contributed by atoms with Gasteiger partial charge in [-0.1, -0.05) is 6.07 Å². The predicted molar refractivity (Wildman–Crippen MR) is 117 cm³/mol. The first kappa shape index (κ1) is 19.7. The van der Waals surface area contributed by atoms with Crippen LogP contribution in [0.1, 0.15) is 42.9 Å². The van der Waals surface area contributed by atoms with E-state index in [1.54, 1.807) is 23.0 Å². The van der Waals surface area contributed by atoms with Gasteiger partial charge in [0.1, 0.15) is 11.7 Å². The van der Waals surface area contributed by atoms with Gasteiger partial charge < -0.3 is 10.4 Å². The second-order valence-corrected chi connectivity index (χ2v) is 8.25. The Morgan fingerprint density at radius 2 is 1.84 bits per heavy atom. The number of aromatic nitrogens is 4. The van der Waals surface area contributed by atoms with E-state index >= 15 is 0 Å². The highest BCUT2D eigenvalue weighted by atomic mass is 19.1. The first-order chi connectivity index (χ1) is 15.1. The van der Waals surface area contributed by atoms with E-state index in [1.165, 1.54) is 6.07 Å². The van der Waals surface area contributed by atoms with Gasteiger partial charge in [0.2, 0.25) is 0 Å². The molecule has 160 valence electrons. The molecule has 0 atom stereocenters. The van der Waals surface area contributed by atoms with Crippen molar-refractivity contribution in [3.8, 4) is 11.1 Å². The summed E-state index contributed by atoms with van der Waals surface area (Å²) < 4.78 is 18.3. The van der Waals surface area contributed by atoms with Crippen LogP contribution in [-0.4, -0.2) is 43.2 Å². The van der Waals surface area contributed by atoms with Gasteiger partial charge in [-0.05, 0) is 49.0 Å². The molecule has 1 aromatic carbocycles. The summed E-state index contributed by atoms with van der Waals surface area (Å²) in [4.78, 5) is 4.60. The van der Waals surface area contributed by atoms with Crippen LogP contribution < -0.4 is 5.32 Å². The summed E-state index contributed by atoms with van der Waals surface area (Å²) >= 11 is 0. The molecule has 0 spiro atoms. The van der Waals surface area contributed by atoms with Gasteiger partial charge in [0.15, 0.2) is 0 Å². The number of hydrogen-bond acceptors (Lipinski definition) is 5. The fraction of sp³-hybridized carbons (Fsp3) is 0.348. The van der Waals surface area contributed by atoms with Gasteiger partial charge in [0.05, 0.1) is 36.6 Å². The molecule has 1 fully saturated rings. The lowest BCUT2D eigenvalue weighted by Crippen LogP contribution is -2.24. The molecule has 1 aliphatic carbocycles.